The molecular formula is C14H17F2N3O. The van der Waals surface area contributed by atoms with E-state index in [4.69, 9.17) is 0 Å². The molecule has 1 aromatic carbocycles. The minimum Gasteiger partial charge on any atom is -0.434 e. The van der Waals surface area contributed by atoms with Crippen LogP contribution >= 0.6 is 0 Å². The van der Waals surface area contributed by atoms with Gasteiger partial charge >= 0.3 is 6.61 Å². The van der Waals surface area contributed by atoms with Crippen molar-refractivity contribution < 1.29 is 13.5 Å². The van der Waals surface area contributed by atoms with Gasteiger partial charge < -0.3 is 15.0 Å². The number of aromatic nitrogens is 2. The van der Waals surface area contributed by atoms with Gasteiger partial charge in [0.15, 0.2) is 0 Å². The highest BCUT2D eigenvalue weighted by atomic mass is 19.3. The first-order valence-corrected chi connectivity index (χ1v) is 6.46. The second kappa shape index (κ2) is 7.00. The van der Waals surface area contributed by atoms with E-state index in [1.54, 1.807) is 36.7 Å². The summed E-state index contributed by atoms with van der Waals surface area (Å²) in [6, 6.07) is 6.68. The predicted octanol–water partition coefficient (Wildman–Crippen LogP) is 2.90. The summed E-state index contributed by atoms with van der Waals surface area (Å²) in [4.78, 5) is 7.19. The van der Waals surface area contributed by atoms with E-state index in [1.165, 1.54) is 0 Å². The summed E-state index contributed by atoms with van der Waals surface area (Å²) < 4.78 is 29.5. The van der Waals surface area contributed by atoms with Gasteiger partial charge in [0, 0.05) is 30.4 Å². The molecule has 0 aliphatic rings. The van der Waals surface area contributed by atoms with Crippen LogP contribution in [0.25, 0.3) is 0 Å². The summed E-state index contributed by atoms with van der Waals surface area (Å²) in [6.45, 7) is -0.151. The molecule has 0 fully saturated rings. The maximum atomic E-state index is 12.5. The van der Waals surface area contributed by atoms with Gasteiger partial charge in [0.25, 0.3) is 0 Å². The molecule has 1 aromatic heterocycles. The molecule has 20 heavy (non-hydrogen) atoms. The monoisotopic (exact) mass is 281 g/mol. The van der Waals surface area contributed by atoms with Crippen molar-refractivity contribution in [2.24, 2.45) is 0 Å². The molecule has 2 N–H and O–H groups in total. The summed E-state index contributed by atoms with van der Waals surface area (Å²) in [5.41, 5.74) is 0.700. The van der Waals surface area contributed by atoms with Crippen LogP contribution in [0.1, 0.15) is 24.4 Å². The molecule has 0 spiro atoms. The quantitative estimate of drug-likeness (QED) is 0.820. The van der Waals surface area contributed by atoms with Crippen LogP contribution < -0.4 is 10.1 Å². The Labute approximate surface area is 116 Å². The van der Waals surface area contributed by atoms with Crippen molar-refractivity contribution in [3.63, 3.8) is 0 Å². The molecule has 0 bridgehead atoms. The number of nitrogens with zero attached hydrogens (tertiary/aromatic N) is 1. The predicted molar refractivity (Wildman–Crippen MR) is 71.8 cm³/mol. The van der Waals surface area contributed by atoms with Gasteiger partial charge in [-0.15, -0.1) is 0 Å². The molecule has 1 heterocycles. The van der Waals surface area contributed by atoms with E-state index < -0.39 is 6.61 Å². The molecule has 0 saturated carbocycles. The molecule has 0 aliphatic carbocycles. The third kappa shape index (κ3) is 3.77. The normalized spacial score (nSPS) is 12.6. The van der Waals surface area contributed by atoms with E-state index in [-0.39, 0.29) is 11.8 Å². The van der Waals surface area contributed by atoms with Crippen molar-refractivity contribution in [3.8, 4) is 5.75 Å². The number of para-hydroxylation sites is 1. The van der Waals surface area contributed by atoms with E-state index in [0.29, 0.717) is 18.5 Å². The van der Waals surface area contributed by atoms with Crippen LogP contribution in [0.2, 0.25) is 0 Å². The number of halogens is 2. The van der Waals surface area contributed by atoms with Crippen LogP contribution in [0.3, 0.4) is 0 Å². The summed E-state index contributed by atoms with van der Waals surface area (Å²) in [5, 5.41) is 3.27. The molecule has 2 rings (SSSR count). The van der Waals surface area contributed by atoms with E-state index in [0.717, 1.165) is 5.82 Å². The zero-order valence-corrected chi connectivity index (χ0v) is 11.1. The van der Waals surface area contributed by atoms with Crippen LogP contribution in [0, 0.1) is 0 Å². The second-order valence-corrected chi connectivity index (χ2v) is 4.27. The molecule has 4 nitrogen and oxygen atoms in total. The van der Waals surface area contributed by atoms with E-state index >= 15 is 0 Å². The van der Waals surface area contributed by atoms with Gasteiger partial charge in [0.05, 0.1) is 0 Å². The number of nitrogens with one attached hydrogen (secondary N) is 2. The van der Waals surface area contributed by atoms with Crippen LogP contribution in [-0.4, -0.2) is 23.1 Å². The van der Waals surface area contributed by atoms with Crippen molar-refractivity contribution in [2.45, 2.75) is 26.0 Å². The smallest absolute Gasteiger partial charge is 0.387 e. The Morgan fingerprint density at radius 3 is 2.80 bits per heavy atom. The Morgan fingerprint density at radius 2 is 2.15 bits per heavy atom. The number of ether oxygens (including phenoxy) is 1. The number of alkyl halides is 2. The number of rotatable bonds is 7. The van der Waals surface area contributed by atoms with Gasteiger partial charge in [-0.1, -0.05) is 25.1 Å². The van der Waals surface area contributed by atoms with Crippen molar-refractivity contribution >= 4 is 0 Å². The first kappa shape index (κ1) is 14.5. The Kier molecular flexibility index (Phi) is 5.06. The summed E-state index contributed by atoms with van der Waals surface area (Å²) in [7, 11) is 0. The van der Waals surface area contributed by atoms with E-state index in [9.17, 15) is 8.78 Å². The van der Waals surface area contributed by atoms with Gasteiger partial charge in [0.1, 0.15) is 11.6 Å². The number of benzene rings is 1. The molecular weight excluding hydrogens is 264 g/mol. The number of imidazole rings is 1. The zero-order valence-electron chi connectivity index (χ0n) is 11.1. The molecule has 0 aliphatic heterocycles. The first-order chi connectivity index (χ1) is 9.70. The highest BCUT2D eigenvalue weighted by Crippen LogP contribution is 2.28. The lowest BCUT2D eigenvalue weighted by Gasteiger charge is -2.20. The fourth-order valence-electron chi connectivity index (χ4n) is 2.11. The van der Waals surface area contributed by atoms with Crippen molar-refractivity contribution in [2.75, 3.05) is 6.54 Å². The molecule has 1 atom stereocenters. The number of H-pyrrole nitrogens is 1. The first-order valence-electron chi connectivity index (χ1n) is 6.46. The lowest BCUT2D eigenvalue weighted by atomic mass is 10.0. The fraction of sp³-hybridized carbons (Fsp3) is 0.357. The summed E-state index contributed by atoms with van der Waals surface area (Å²) in [6.07, 6.45) is 3.98. The van der Waals surface area contributed by atoms with Gasteiger partial charge in [-0.2, -0.15) is 8.78 Å². The minimum absolute atomic E-state index is 0.138. The lowest BCUT2D eigenvalue weighted by Crippen LogP contribution is -2.24. The largest absolute Gasteiger partial charge is 0.434 e. The molecule has 0 saturated heterocycles. The Balaban J connectivity index is 2.24. The Morgan fingerprint density at radius 1 is 1.35 bits per heavy atom. The van der Waals surface area contributed by atoms with Gasteiger partial charge in [-0.3, -0.25) is 0 Å². The van der Waals surface area contributed by atoms with Crippen LogP contribution in [0.5, 0.6) is 5.75 Å². The van der Waals surface area contributed by atoms with E-state index in [1.807, 2.05) is 6.92 Å². The number of likely N-dealkylation sites (N-methyl/N-ethyl adjacent to an activating group) is 1. The van der Waals surface area contributed by atoms with Crippen molar-refractivity contribution in [3.05, 3.63) is 48.0 Å². The van der Waals surface area contributed by atoms with Crippen LogP contribution in [-0.2, 0) is 6.42 Å². The second-order valence-electron chi connectivity index (χ2n) is 4.27. The molecule has 0 radical (unpaired) electrons. The van der Waals surface area contributed by atoms with E-state index in [2.05, 4.69) is 20.0 Å². The zero-order chi connectivity index (χ0) is 14.4. The summed E-state index contributed by atoms with van der Waals surface area (Å²) >= 11 is 0. The maximum absolute atomic E-state index is 12.5. The number of aromatic amines is 1. The summed E-state index contributed by atoms with van der Waals surface area (Å²) in [5.74, 6) is 0.989. The van der Waals surface area contributed by atoms with Crippen LogP contribution in [0.15, 0.2) is 36.7 Å². The third-order valence-electron chi connectivity index (χ3n) is 2.91. The topological polar surface area (TPSA) is 49.9 Å². The van der Waals surface area contributed by atoms with Gasteiger partial charge in [-0.25, -0.2) is 4.98 Å². The highest BCUT2D eigenvalue weighted by Gasteiger charge is 2.18. The third-order valence-corrected chi connectivity index (χ3v) is 2.91. The van der Waals surface area contributed by atoms with Crippen molar-refractivity contribution in [1.29, 1.82) is 0 Å². The number of hydrogen-bond donors (Lipinski definition) is 2. The fourth-order valence-corrected chi connectivity index (χ4v) is 2.11. The molecule has 2 aromatic rings. The van der Waals surface area contributed by atoms with Gasteiger partial charge in [0.2, 0.25) is 0 Å². The maximum Gasteiger partial charge on any atom is 0.387 e. The van der Waals surface area contributed by atoms with Crippen LogP contribution in [0.4, 0.5) is 8.78 Å². The Bertz CT molecular complexity index is 517. The lowest BCUT2D eigenvalue weighted by molar-refractivity contribution is -0.0507. The minimum atomic E-state index is -2.83. The number of hydrogen-bond acceptors (Lipinski definition) is 3. The average Bonchev–Trinajstić information content (AvgIpc) is 2.91. The molecule has 1 unspecified atom stereocenters. The molecule has 0 amide bonds. The highest BCUT2D eigenvalue weighted by molar-refractivity contribution is 5.36. The Hall–Kier alpha value is -1.95. The molecule has 108 valence electrons. The van der Waals surface area contributed by atoms with Crippen molar-refractivity contribution in [1.82, 2.24) is 15.3 Å². The standard InChI is InChI=1S/C14H17F2N3O/c1-2-17-11(9-13-18-7-8-19-13)10-5-3-4-6-12(10)20-14(15)16/h3-8,11,14,17H,2,9H2,1H3,(H,18,19). The average molecular weight is 281 g/mol. The van der Waals surface area contributed by atoms with Gasteiger partial charge in [-0.05, 0) is 12.6 Å². The SMILES string of the molecule is CCNC(Cc1ncc[nH]1)c1ccccc1OC(F)F. The molecule has 6 heteroatoms.